The summed E-state index contributed by atoms with van der Waals surface area (Å²) in [6, 6.07) is 21.1. The van der Waals surface area contributed by atoms with Gasteiger partial charge in [-0.1, -0.05) is 93.6 Å². The number of rotatable bonds is 9. The number of benzene rings is 2. The highest BCUT2D eigenvalue weighted by molar-refractivity contribution is 6.74. The lowest BCUT2D eigenvalue weighted by atomic mass is 10.0. The summed E-state index contributed by atoms with van der Waals surface area (Å²) in [4.78, 5) is 0. The van der Waals surface area contributed by atoms with Gasteiger partial charge in [0, 0.05) is 0 Å². The molecule has 29 heavy (non-hydrogen) atoms. The molecule has 0 aromatic heterocycles. The minimum atomic E-state index is -1.90. The summed E-state index contributed by atoms with van der Waals surface area (Å²) in [7, 11) is -2.68. The van der Waals surface area contributed by atoms with E-state index >= 15 is 0 Å². The highest BCUT2D eigenvalue weighted by Gasteiger charge is 2.39. The van der Waals surface area contributed by atoms with Gasteiger partial charge in [0.1, 0.15) is 0 Å². The van der Waals surface area contributed by atoms with Gasteiger partial charge < -0.3 is 8.85 Å². The molecule has 2 rings (SSSR count). The fraction of sp³-hybridized carbons (Fsp3) is 0.440. The second-order valence-corrected chi connectivity index (χ2v) is 16.1. The van der Waals surface area contributed by atoms with Crippen molar-refractivity contribution in [2.24, 2.45) is 0 Å². The highest BCUT2D eigenvalue weighted by atomic mass is 28.4. The van der Waals surface area contributed by atoms with Gasteiger partial charge in [0.05, 0.1) is 12.2 Å². The Labute approximate surface area is 180 Å². The number of hydrogen-bond acceptors (Lipinski definition) is 2. The average molecular weight is 426 g/mol. The van der Waals surface area contributed by atoms with Gasteiger partial charge in [-0.3, -0.25) is 0 Å². The molecule has 0 heterocycles. The van der Waals surface area contributed by atoms with Crippen molar-refractivity contribution in [1.82, 2.24) is 0 Å². The summed E-state index contributed by atoms with van der Waals surface area (Å²) in [5.74, 6) is 0. The van der Waals surface area contributed by atoms with Crippen LogP contribution >= 0.6 is 0 Å². The van der Waals surface area contributed by atoms with Crippen LogP contribution < -0.4 is 0 Å². The van der Waals surface area contributed by atoms with Crippen molar-refractivity contribution < 1.29 is 8.85 Å². The van der Waals surface area contributed by atoms with Gasteiger partial charge >= 0.3 is 0 Å². The van der Waals surface area contributed by atoms with Crippen LogP contribution in [0.1, 0.15) is 50.5 Å². The molecule has 0 fully saturated rings. The van der Waals surface area contributed by atoms with Gasteiger partial charge in [-0.2, -0.15) is 0 Å². The van der Waals surface area contributed by atoms with Crippen molar-refractivity contribution in [1.29, 1.82) is 0 Å². The lowest BCUT2D eigenvalue weighted by molar-refractivity contribution is 0.209. The molecule has 0 bridgehead atoms. The van der Waals surface area contributed by atoms with E-state index in [9.17, 15) is 0 Å². The molecular formula is C25H37O2Si2. The summed E-state index contributed by atoms with van der Waals surface area (Å²) in [5.41, 5.74) is 2.45. The van der Waals surface area contributed by atoms with Gasteiger partial charge in [0.2, 0.25) is 9.04 Å². The smallest absolute Gasteiger partial charge is 0.205 e. The predicted molar refractivity (Wildman–Crippen MR) is 129 cm³/mol. The molecule has 2 aromatic carbocycles. The lowest BCUT2D eigenvalue weighted by Gasteiger charge is -2.38. The van der Waals surface area contributed by atoms with Crippen LogP contribution in [-0.2, 0) is 8.85 Å². The highest BCUT2D eigenvalue weighted by Crippen LogP contribution is 2.40. The fourth-order valence-electron chi connectivity index (χ4n) is 2.89. The van der Waals surface area contributed by atoms with Crippen molar-refractivity contribution in [2.45, 2.75) is 70.6 Å². The van der Waals surface area contributed by atoms with Gasteiger partial charge in [-0.25, -0.2) is 0 Å². The molecule has 0 aliphatic carbocycles. The minimum absolute atomic E-state index is 0.0263. The molecule has 0 saturated heterocycles. The van der Waals surface area contributed by atoms with E-state index in [4.69, 9.17) is 8.85 Å². The van der Waals surface area contributed by atoms with Crippen LogP contribution in [0.15, 0.2) is 72.8 Å². The summed E-state index contributed by atoms with van der Waals surface area (Å²) < 4.78 is 13.1. The van der Waals surface area contributed by atoms with Crippen LogP contribution in [0.5, 0.6) is 0 Å². The van der Waals surface area contributed by atoms with Crippen LogP contribution in [0, 0.1) is 0 Å². The SMILES string of the molecule is C[Si](C)O[C@@H](C/C=C/[C@H](O[Si](C)(C)C(C)(C)C)c1ccccc1)c1ccccc1. The summed E-state index contributed by atoms with van der Waals surface area (Å²) >= 11 is 0. The van der Waals surface area contributed by atoms with Crippen molar-refractivity contribution in [3.63, 3.8) is 0 Å². The third kappa shape index (κ3) is 7.38. The van der Waals surface area contributed by atoms with Crippen LogP contribution in [0.4, 0.5) is 0 Å². The van der Waals surface area contributed by atoms with Crippen molar-refractivity contribution in [2.75, 3.05) is 0 Å². The molecule has 157 valence electrons. The maximum atomic E-state index is 6.77. The Hall–Kier alpha value is -1.47. The average Bonchev–Trinajstić information content (AvgIpc) is 2.66. The van der Waals surface area contributed by atoms with E-state index in [1.54, 1.807) is 0 Å². The Bertz CT molecular complexity index is 749. The lowest BCUT2D eigenvalue weighted by Crippen LogP contribution is -2.41. The summed E-state index contributed by atoms with van der Waals surface area (Å²) in [6.07, 6.45) is 5.40. The Morgan fingerprint density at radius 1 is 0.897 bits per heavy atom. The molecule has 2 nitrogen and oxygen atoms in total. The van der Waals surface area contributed by atoms with E-state index in [1.165, 1.54) is 11.1 Å². The van der Waals surface area contributed by atoms with E-state index in [0.29, 0.717) is 0 Å². The Morgan fingerprint density at radius 3 is 1.90 bits per heavy atom. The van der Waals surface area contributed by atoms with E-state index < -0.39 is 17.4 Å². The van der Waals surface area contributed by atoms with Gasteiger partial charge in [0.15, 0.2) is 8.32 Å². The largest absolute Gasteiger partial charge is 0.410 e. The zero-order valence-corrected chi connectivity index (χ0v) is 21.1. The molecule has 0 saturated carbocycles. The Morgan fingerprint density at radius 2 is 1.41 bits per heavy atom. The van der Waals surface area contributed by atoms with Crippen molar-refractivity contribution >= 4 is 17.4 Å². The Kier molecular flexibility index (Phi) is 8.64. The Balaban J connectivity index is 2.21. The summed E-state index contributed by atoms with van der Waals surface area (Å²) in [5, 5.41) is 0.172. The first-order valence-electron chi connectivity index (χ1n) is 10.5. The molecule has 0 aliphatic rings. The first-order chi connectivity index (χ1) is 13.6. The molecule has 2 aromatic rings. The zero-order chi connectivity index (χ0) is 21.5. The topological polar surface area (TPSA) is 18.5 Å². The van der Waals surface area contributed by atoms with E-state index in [-0.39, 0.29) is 17.2 Å². The van der Waals surface area contributed by atoms with Gasteiger partial charge in [-0.05, 0) is 48.8 Å². The molecule has 4 heteroatoms. The second-order valence-electron chi connectivity index (χ2n) is 9.30. The third-order valence-corrected chi connectivity index (χ3v) is 10.8. The first kappa shape index (κ1) is 23.8. The normalized spacial score (nSPS) is 15.0. The third-order valence-electron chi connectivity index (χ3n) is 5.57. The monoisotopic (exact) mass is 425 g/mol. The van der Waals surface area contributed by atoms with E-state index in [1.807, 2.05) is 0 Å². The second kappa shape index (κ2) is 10.5. The predicted octanol–water partition coefficient (Wildman–Crippen LogP) is 7.70. The first-order valence-corrected chi connectivity index (χ1v) is 15.8. The van der Waals surface area contributed by atoms with E-state index in [0.717, 1.165) is 6.42 Å². The van der Waals surface area contributed by atoms with Crippen LogP contribution in [0.2, 0.25) is 31.2 Å². The van der Waals surface area contributed by atoms with Crippen LogP contribution in [-0.4, -0.2) is 17.4 Å². The molecule has 0 amide bonds. The molecule has 0 spiro atoms. The zero-order valence-electron chi connectivity index (χ0n) is 19.1. The molecule has 1 radical (unpaired) electrons. The standard InChI is InChI=1S/C25H37O2Si2/c1-25(2,3)29(6,7)27-24(22-17-12-9-13-18-22)20-14-19-23(26-28(4)5)21-15-10-8-11-16-21/h8-18,20,23-24H,19H2,1-7H3/b20-14+/t23-,24-/m0/s1. The maximum Gasteiger partial charge on any atom is 0.205 e. The van der Waals surface area contributed by atoms with Crippen molar-refractivity contribution in [3.8, 4) is 0 Å². The summed E-state index contributed by atoms with van der Waals surface area (Å²) in [6.45, 7) is 15.9. The van der Waals surface area contributed by atoms with Crippen LogP contribution in [0.25, 0.3) is 0 Å². The maximum absolute atomic E-state index is 6.77. The number of hydrogen-bond donors (Lipinski definition) is 0. The molecule has 0 N–H and O–H groups in total. The fourth-order valence-corrected chi connectivity index (χ4v) is 4.89. The molecule has 2 atom stereocenters. The van der Waals surface area contributed by atoms with Gasteiger partial charge in [0.25, 0.3) is 0 Å². The van der Waals surface area contributed by atoms with Gasteiger partial charge in [-0.15, -0.1) is 0 Å². The molecular weight excluding hydrogens is 388 g/mol. The van der Waals surface area contributed by atoms with Crippen molar-refractivity contribution in [3.05, 3.63) is 83.9 Å². The molecule has 0 aliphatic heterocycles. The quantitative estimate of drug-likeness (QED) is 0.302. The van der Waals surface area contributed by atoms with E-state index in [2.05, 4.69) is 120 Å². The van der Waals surface area contributed by atoms with Crippen LogP contribution in [0.3, 0.4) is 0 Å². The molecule has 0 unspecified atom stereocenters. The minimum Gasteiger partial charge on any atom is -0.410 e.